The van der Waals surface area contributed by atoms with Gasteiger partial charge in [0.15, 0.2) is 10.9 Å². The number of methoxy groups -OCH3 is 1. The largest absolute Gasteiger partial charge is 0.465 e. The van der Waals surface area contributed by atoms with E-state index in [1.165, 1.54) is 18.9 Å². The number of H-pyrrole nitrogens is 1. The van der Waals surface area contributed by atoms with Crippen LogP contribution in [0.25, 0.3) is 0 Å². The van der Waals surface area contributed by atoms with Crippen molar-refractivity contribution in [3.05, 3.63) is 28.3 Å². The average Bonchev–Trinajstić information content (AvgIpc) is 3.11. The molecule has 0 bridgehead atoms. The van der Waals surface area contributed by atoms with Crippen LogP contribution in [0, 0.1) is 13.8 Å². The number of carbonyl (C=O) groups excluding carboxylic acids is 3. The summed E-state index contributed by atoms with van der Waals surface area (Å²) in [4.78, 5) is 38.7. The van der Waals surface area contributed by atoms with E-state index in [-0.39, 0.29) is 12.2 Å². The van der Waals surface area contributed by atoms with Crippen molar-refractivity contribution in [3.8, 4) is 0 Å². The first-order valence-electron chi connectivity index (χ1n) is 8.32. The SMILES string of the molecule is COC(=O)c1c(C)[nH]c(C(=O)[C@H](C)Sc2nnc(CCC(N)=O)n2C)c1C. The molecule has 0 aromatic carbocycles. The number of nitrogens with two attached hydrogens (primary N) is 1. The van der Waals surface area contributed by atoms with Gasteiger partial charge in [0.25, 0.3) is 0 Å². The number of nitrogens with zero attached hydrogens (tertiary/aromatic N) is 3. The van der Waals surface area contributed by atoms with Gasteiger partial charge in [-0.25, -0.2) is 4.79 Å². The highest BCUT2D eigenvalue weighted by Gasteiger charge is 2.27. The minimum atomic E-state index is -0.479. The van der Waals surface area contributed by atoms with Gasteiger partial charge in [-0.15, -0.1) is 10.2 Å². The van der Waals surface area contributed by atoms with Crippen LogP contribution in [-0.2, 0) is 23.0 Å². The fourth-order valence-electron chi connectivity index (χ4n) is 2.72. The van der Waals surface area contributed by atoms with E-state index in [9.17, 15) is 14.4 Å². The summed E-state index contributed by atoms with van der Waals surface area (Å²) < 4.78 is 6.52. The smallest absolute Gasteiger partial charge is 0.339 e. The number of carbonyl (C=O) groups is 3. The first kappa shape index (κ1) is 20.7. The average molecular weight is 393 g/mol. The number of aryl methyl sites for hydroxylation is 2. The molecule has 9 nitrogen and oxygen atoms in total. The zero-order valence-electron chi connectivity index (χ0n) is 16.0. The maximum Gasteiger partial charge on any atom is 0.339 e. The van der Waals surface area contributed by atoms with Gasteiger partial charge in [-0.3, -0.25) is 9.59 Å². The molecule has 0 radical (unpaired) electrons. The molecule has 0 spiro atoms. The normalized spacial score (nSPS) is 12.0. The molecule has 0 saturated heterocycles. The molecule has 1 amide bonds. The molecule has 2 heterocycles. The van der Waals surface area contributed by atoms with Crippen molar-refractivity contribution in [2.24, 2.45) is 12.8 Å². The number of hydrogen-bond donors (Lipinski definition) is 2. The monoisotopic (exact) mass is 393 g/mol. The standard InChI is InChI=1S/C17H23N5O4S/c1-8-13(16(25)26-5)9(2)19-14(8)15(24)10(3)27-17-21-20-12(22(17)4)7-6-11(18)23/h10,19H,6-7H2,1-5H3,(H2,18,23)/t10-/m0/s1. The summed E-state index contributed by atoms with van der Waals surface area (Å²) in [6.45, 7) is 5.20. The third kappa shape index (κ3) is 4.38. The summed E-state index contributed by atoms with van der Waals surface area (Å²) >= 11 is 1.25. The highest BCUT2D eigenvalue weighted by molar-refractivity contribution is 8.00. The number of amides is 1. The molecule has 27 heavy (non-hydrogen) atoms. The minimum absolute atomic E-state index is 0.155. The summed E-state index contributed by atoms with van der Waals surface area (Å²) in [6.07, 6.45) is 0.571. The second-order valence-electron chi connectivity index (χ2n) is 6.17. The molecule has 0 aliphatic rings. The zero-order chi connectivity index (χ0) is 20.3. The second-order valence-corrected chi connectivity index (χ2v) is 7.47. The van der Waals surface area contributed by atoms with Gasteiger partial charge in [0.1, 0.15) is 5.82 Å². The molecule has 146 valence electrons. The van der Waals surface area contributed by atoms with Crippen LogP contribution in [0.3, 0.4) is 0 Å². The van der Waals surface area contributed by atoms with Gasteiger partial charge in [0.05, 0.1) is 23.6 Å². The van der Waals surface area contributed by atoms with Crippen molar-refractivity contribution in [1.82, 2.24) is 19.7 Å². The molecule has 2 aromatic rings. The first-order chi connectivity index (χ1) is 12.7. The number of rotatable bonds is 8. The Bertz CT molecular complexity index is 886. The number of ether oxygens (including phenoxy) is 1. The predicted molar refractivity (Wildman–Crippen MR) is 99.8 cm³/mol. The fourth-order valence-corrected chi connectivity index (χ4v) is 3.61. The zero-order valence-corrected chi connectivity index (χ0v) is 16.8. The number of aromatic amines is 1. The number of thioether (sulfide) groups is 1. The van der Waals surface area contributed by atoms with Crippen LogP contribution in [-0.4, -0.2) is 49.8 Å². The fraction of sp³-hybridized carbons (Fsp3) is 0.471. The Hall–Kier alpha value is -2.62. The lowest BCUT2D eigenvalue weighted by Gasteiger charge is -2.10. The third-order valence-electron chi connectivity index (χ3n) is 4.24. The Labute approximate surface area is 161 Å². The van der Waals surface area contributed by atoms with Gasteiger partial charge < -0.3 is 20.0 Å². The molecule has 2 aromatic heterocycles. The van der Waals surface area contributed by atoms with Crippen LogP contribution < -0.4 is 5.73 Å². The lowest BCUT2D eigenvalue weighted by atomic mass is 10.1. The van der Waals surface area contributed by atoms with E-state index in [1.807, 2.05) is 0 Å². The van der Waals surface area contributed by atoms with Gasteiger partial charge in [-0.2, -0.15) is 0 Å². The van der Waals surface area contributed by atoms with Crippen LogP contribution in [0.2, 0.25) is 0 Å². The Kier molecular flexibility index (Phi) is 6.42. The summed E-state index contributed by atoms with van der Waals surface area (Å²) in [5.41, 5.74) is 7.07. The number of esters is 1. The van der Waals surface area contributed by atoms with Gasteiger partial charge >= 0.3 is 5.97 Å². The highest BCUT2D eigenvalue weighted by atomic mass is 32.2. The lowest BCUT2D eigenvalue weighted by molar-refractivity contribution is -0.118. The molecule has 3 N–H and O–H groups in total. The van der Waals surface area contributed by atoms with Crippen molar-refractivity contribution in [3.63, 3.8) is 0 Å². The van der Waals surface area contributed by atoms with Crippen molar-refractivity contribution in [1.29, 1.82) is 0 Å². The maximum atomic E-state index is 12.9. The number of primary amides is 1. The number of Topliss-reactive ketones (excluding diaryl/α,β-unsaturated/α-hetero) is 1. The van der Waals surface area contributed by atoms with Gasteiger partial charge in [0.2, 0.25) is 5.91 Å². The number of nitrogens with one attached hydrogen (secondary N) is 1. The maximum absolute atomic E-state index is 12.9. The van der Waals surface area contributed by atoms with E-state index in [4.69, 9.17) is 10.5 Å². The van der Waals surface area contributed by atoms with Crippen LogP contribution in [0.5, 0.6) is 0 Å². The number of ketones is 1. The first-order valence-corrected chi connectivity index (χ1v) is 9.20. The van der Waals surface area contributed by atoms with Crippen molar-refractivity contribution in [2.75, 3.05) is 7.11 Å². The van der Waals surface area contributed by atoms with E-state index in [0.717, 1.165) is 0 Å². The summed E-state index contributed by atoms with van der Waals surface area (Å²) in [5.74, 6) is -0.420. The molecular formula is C17H23N5O4S. The second kappa shape index (κ2) is 8.38. The Morgan fingerprint density at radius 2 is 1.96 bits per heavy atom. The highest BCUT2D eigenvalue weighted by Crippen LogP contribution is 2.27. The summed E-state index contributed by atoms with van der Waals surface area (Å²) in [7, 11) is 3.08. The number of aromatic nitrogens is 4. The summed E-state index contributed by atoms with van der Waals surface area (Å²) in [6, 6.07) is 0. The van der Waals surface area contributed by atoms with E-state index < -0.39 is 17.1 Å². The van der Waals surface area contributed by atoms with Gasteiger partial charge in [-0.1, -0.05) is 11.8 Å². The Balaban J connectivity index is 2.17. The topological polar surface area (TPSA) is 133 Å². The van der Waals surface area contributed by atoms with Crippen molar-refractivity contribution in [2.45, 2.75) is 44.0 Å². The van der Waals surface area contributed by atoms with Gasteiger partial charge in [0, 0.05) is 25.6 Å². The van der Waals surface area contributed by atoms with Crippen molar-refractivity contribution >= 4 is 29.4 Å². The van der Waals surface area contributed by atoms with Crippen LogP contribution >= 0.6 is 11.8 Å². The molecule has 0 saturated carbocycles. The van der Waals surface area contributed by atoms with E-state index >= 15 is 0 Å². The summed E-state index contributed by atoms with van der Waals surface area (Å²) in [5, 5.41) is 8.23. The molecule has 10 heteroatoms. The Morgan fingerprint density at radius 1 is 1.30 bits per heavy atom. The van der Waals surface area contributed by atoms with Gasteiger partial charge in [-0.05, 0) is 26.3 Å². The van der Waals surface area contributed by atoms with Crippen LogP contribution in [0.4, 0.5) is 0 Å². The quantitative estimate of drug-likeness (QED) is 0.392. The lowest BCUT2D eigenvalue weighted by Crippen LogP contribution is -2.16. The molecule has 0 aliphatic heterocycles. The van der Waals surface area contributed by atoms with E-state index in [2.05, 4.69) is 15.2 Å². The molecule has 2 rings (SSSR count). The molecule has 0 aliphatic carbocycles. The molecular weight excluding hydrogens is 370 g/mol. The van der Waals surface area contributed by atoms with Crippen LogP contribution in [0.15, 0.2) is 5.16 Å². The van der Waals surface area contributed by atoms with E-state index in [0.29, 0.717) is 39.9 Å². The molecule has 1 atom stereocenters. The third-order valence-corrected chi connectivity index (χ3v) is 5.38. The van der Waals surface area contributed by atoms with Crippen molar-refractivity contribution < 1.29 is 19.1 Å². The van der Waals surface area contributed by atoms with Crippen LogP contribution in [0.1, 0.15) is 51.3 Å². The minimum Gasteiger partial charge on any atom is -0.465 e. The van der Waals surface area contributed by atoms with E-state index in [1.54, 1.807) is 32.4 Å². The Morgan fingerprint density at radius 3 is 2.56 bits per heavy atom. The predicted octanol–water partition coefficient (Wildman–Crippen LogP) is 1.33. The molecule has 0 fully saturated rings. The number of hydrogen-bond acceptors (Lipinski definition) is 7. The molecule has 0 unspecified atom stereocenters.